The first kappa shape index (κ1) is 13.4. The number of benzene rings is 1. The molecule has 0 saturated carbocycles. The first-order valence-corrected chi connectivity index (χ1v) is 5.49. The van der Waals surface area contributed by atoms with Crippen LogP contribution < -0.4 is 5.73 Å². The number of halogens is 2. The van der Waals surface area contributed by atoms with Crippen LogP contribution in [-0.2, 0) is 11.2 Å². The summed E-state index contributed by atoms with van der Waals surface area (Å²) in [4.78, 5) is 0. The minimum absolute atomic E-state index is 0.239. The fraction of sp³-hybridized carbons (Fsp3) is 0.500. The summed E-state index contributed by atoms with van der Waals surface area (Å²) in [6.07, 6.45) is 0.484. The highest BCUT2D eigenvalue weighted by Gasteiger charge is 2.26. The van der Waals surface area contributed by atoms with E-state index in [1.807, 2.05) is 13.8 Å². The second kappa shape index (κ2) is 5.13. The van der Waals surface area contributed by atoms with E-state index in [2.05, 4.69) is 0 Å². The molecule has 0 aliphatic carbocycles. The quantitative estimate of drug-likeness (QED) is 0.885. The molecule has 0 amide bonds. The number of hydrogen-bond donors (Lipinski definition) is 1. The predicted octanol–water partition coefficient (Wildman–Crippen LogP) is 2.77. The van der Waals surface area contributed by atoms with E-state index in [1.54, 1.807) is 13.2 Å². The summed E-state index contributed by atoms with van der Waals surface area (Å²) in [7, 11) is 1.60. The average Bonchev–Trinajstić information content (AvgIpc) is 2.23. The van der Waals surface area contributed by atoms with Gasteiger partial charge in [-0.05, 0) is 44.0 Å². The standard InChI is InChI=1S/C12H17ClFNO/c1-12(2,16-3)11(15)7-8-6-9(14)4-5-10(8)13/h4-6,11H,7,15H2,1-3H3. The molecule has 1 unspecified atom stereocenters. The Kier molecular flexibility index (Phi) is 4.30. The van der Waals surface area contributed by atoms with Gasteiger partial charge in [0.15, 0.2) is 0 Å². The molecule has 1 aromatic rings. The molecule has 0 heterocycles. The Morgan fingerprint density at radius 3 is 2.69 bits per heavy atom. The number of rotatable bonds is 4. The molecule has 2 N–H and O–H groups in total. The van der Waals surface area contributed by atoms with Crippen molar-refractivity contribution in [2.75, 3.05) is 7.11 Å². The molecule has 0 fully saturated rings. The molecule has 0 radical (unpaired) electrons. The van der Waals surface area contributed by atoms with Gasteiger partial charge in [-0.3, -0.25) is 0 Å². The molecule has 16 heavy (non-hydrogen) atoms. The van der Waals surface area contributed by atoms with Crippen LogP contribution in [-0.4, -0.2) is 18.8 Å². The van der Waals surface area contributed by atoms with Crippen molar-refractivity contribution in [1.82, 2.24) is 0 Å². The third-order valence-corrected chi connectivity index (χ3v) is 3.24. The molecular formula is C12H17ClFNO. The summed E-state index contributed by atoms with van der Waals surface area (Å²) < 4.78 is 18.3. The molecule has 0 spiro atoms. The van der Waals surface area contributed by atoms with Crippen molar-refractivity contribution in [3.8, 4) is 0 Å². The van der Waals surface area contributed by atoms with Gasteiger partial charge in [0.1, 0.15) is 5.82 Å². The summed E-state index contributed by atoms with van der Waals surface area (Å²) in [6, 6.07) is 4.04. The van der Waals surface area contributed by atoms with Gasteiger partial charge in [0.05, 0.1) is 5.60 Å². The number of nitrogens with two attached hydrogens (primary N) is 1. The van der Waals surface area contributed by atoms with Gasteiger partial charge >= 0.3 is 0 Å². The van der Waals surface area contributed by atoms with E-state index in [1.165, 1.54) is 12.1 Å². The summed E-state index contributed by atoms with van der Waals surface area (Å²) in [5, 5.41) is 0.531. The van der Waals surface area contributed by atoms with Gasteiger partial charge in [-0.15, -0.1) is 0 Å². The van der Waals surface area contributed by atoms with Crippen molar-refractivity contribution >= 4 is 11.6 Å². The SMILES string of the molecule is COC(C)(C)C(N)Cc1cc(F)ccc1Cl. The molecule has 90 valence electrons. The molecule has 0 saturated heterocycles. The fourth-order valence-corrected chi connectivity index (χ4v) is 1.53. The van der Waals surface area contributed by atoms with Crippen molar-refractivity contribution in [3.05, 3.63) is 34.6 Å². The van der Waals surface area contributed by atoms with E-state index in [-0.39, 0.29) is 11.9 Å². The lowest BCUT2D eigenvalue weighted by molar-refractivity contribution is 0.000796. The number of methoxy groups -OCH3 is 1. The minimum Gasteiger partial charge on any atom is -0.377 e. The number of ether oxygens (including phenoxy) is 1. The first-order valence-electron chi connectivity index (χ1n) is 5.11. The highest BCUT2D eigenvalue weighted by Crippen LogP contribution is 2.22. The fourth-order valence-electron chi connectivity index (χ4n) is 1.33. The second-order valence-corrected chi connectivity index (χ2v) is 4.76. The predicted molar refractivity (Wildman–Crippen MR) is 64.2 cm³/mol. The van der Waals surface area contributed by atoms with Crippen LogP contribution in [0.15, 0.2) is 18.2 Å². The van der Waals surface area contributed by atoms with Crippen molar-refractivity contribution in [3.63, 3.8) is 0 Å². The molecule has 1 rings (SSSR count). The van der Waals surface area contributed by atoms with Crippen LogP contribution in [0.4, 0.5) is 4.39 Å². The molecule has 1 aromatic carbocycles. The van der Waals surface area contributed by atoms with E-state index in [4.69, 9.17) is 22.1 Å². The lowest BCUT2D eigenvalue weighted by Gasteiger charge is -2.30. The largest absolute Gasteiger partial charge is 0.377 e. The monoisotopic (exact) mass is 245 g/mol. The van der Waals surface area contributed by atoms with Crippen LogP contribution in [0, 0.1) is 5.82 Å². The maximum absolute atomic E-state index is 13.0. The Balaban J connectivity index is 2.84. The molecule has 1 atom stereocenters. The summed E-state index contributed by atoms with van der Waals surface area (Å²) in [5.41, 5.74) is 6.25. The Bertz CT molecular complexity index is 368. The summed E-state index contributed by atoms with van der Waals surface area (Å²) in [6.45, 7) is 3.79. The lowest BCUT2D eigenvalue weighted by atomic mass is 9.93. The third kappa shape index (κ3) is 3.17. The zero-order valence-corrected chi connectivity index (χ0v) is 10.5. The third-order valence-electron chi connectivity index (χ3n) is 2.87. The van der Waals surface area contributed by atoms with E-state index in [0.29, 0.717) is 17.0 Å². The van der Waals surface area contributed by atoms with Gasteiger partial charge < -0.3 is 10.5 Å². The second-order valence-electron chi connectivity index (χ2n) is 4.35. The maximum atomic E-state index is 13.0. The Labute approximate surface area is 101 Å². The molecule has 0 aliphatic heterocycles. The van der Waals surface area contributed by atoms with Gasteiger partial charge in [-0.2, -0.15) is 0 Å². The molecule has 0 aliphatic rings. The van der Waals surface area contributed by atoms with Gasteiger partial charge in [0, 0.05) is 18.2 Å². The molecule has 4 heteroatoms. The van der Waals surface area contributed by atoms with E-state index < -0.39 is 5.60 Å². The van der Waals surface area contributed by atoms with Gasteiger partial charge in [0.25, 0.3) is 0 Å². The van der Waals surface area contributed by atoms with Crippen molar-refractivity contribution < 1.29 is 9.13 Å². The lowest BCUT2D eigenvalue weighted by Crippen LogP contribution is -2.46. The first-order chi connectivity index (χ1) is 7.36. The smallest absolute Gasteiger partial charge is 0.123 e. The summed E-state index contributed by atoms with van der Waals surface area (Å²) >= 11 is 5.97. The maximum Gasteiger partial charge on any atom is 0.123 e. The Morgan fingerprint density at radius 1 is 1.50 bits per heavy atom. The number of hydrogen-bond acceptors (Lipinski definition) is 2. The van der Waals surface area contributed by atoms with Gasteiger partial charge in [-0.1, -0.05) is 11.6 Å². The van der Waals surface area contributed by atoms with Crippen molar-refractivity contribution in [1.29, 1.82) is 0 Å². The van der Waals surface area contributed by atoms with E-state index in [9.17, 15) is 4.39 Å². The van der Waals surface area contributed by atoms with Crippen LogP contribution in [0.25, 0.3) is 0 Å². The Morgan fingerprint density at radius 2 is 2.12 bits per heavy atom. The molecular weight excluding hydrogens is 229 g/mol. The highest BCUT2D eigenvalue weighted by atomic mass is 35.5. The zero-order valence-electron chi connectivity index (χ0n) is 9.76. The van der Waals surface area contributed by atoms with Gasteiger partial charge in [-0.25, -0.2) is 4.39 Å². The Hall–Kier alpha value is -0.640. The van der Waals surface area contributed by atoms with Crippen molar-refractivity contribution in [2.24, 2.45) is 5.73 Å². The van der Waals surface area contributed by atoms with Crippen LogP contribution >= 0.6 is 11.6 Å². The minimum atomic E-state index is -0.463. The topological polar surface area (TPSA) is 35.2 Å². The average molecular weight is 246 g/mol. The molecule has 0 aromatic heterocycles. The van der Waals surface area contributed by atoms with Crippen LogP contribution in [0.2, 0.25) is 5.02 Å². The van der Waals surface area contributed by atoms with Crippen LogP contribution in [0.1, 0.15) is 19.4 Å². The van der Waals surface area contributed by atoms with Crippen molar-refractivity contribution in [2.45, 2.75) is 31.9 Å². The summed E-state index contributed by atoms with van der Waals surface area (Å²) in [5.74, 6) is -0.304. The zero-order chi connectivity index (χ0) is 12.3. The molecule has 2 nitrogen and oxygen atoms in total. The normalized spacial score (nSPS) is 13.9. The van der Waals surface area contributed by atoms with Crippen LogP contribution in [0.5, 0.6) is 0 Å². The van der Waals surface area contributed by atoms with Gasteiger partial charge in [0.2, 0.25) is 0 Å². The molecule has 0 bridgehead atoms. The van der Waals surface area contributed by atoms with E-state index >= 15 is 0 Å². The van der Waals surface area contributed by atoms with E-state index in [0.717, 1.165) is 0 Å². The van der Waals surface area contributed by atoms with Crippen LogP contribution in [0.3, 0.4) is 0 Å². The highest BCUT2D eigenvalue weighted by molar-refractivity contribution is 6.31.